The third kappa shape index (κ3) is 2.37. The maximum Gasteiger partial charge on any atom is 0.249 e. The summed E-state index contributed by atoms with van der Waals surface area (Å²) in [5.41, 5.74) is -0.593. The van der Waals surface area contributed by atoms with Crippen molar-refractivity contribution in [3.05, 3.63) is 0 Å². The molecule has 0 aromatic heterocycles. The van der Waals surface area contributed by atoms with Gasteiger partial charge in [-0.3, -0.25) is 9.59 Å². The normalized spacial score (nSPS) is 26.9. The van der Waals surface area contributed by atoms with E-state index in [0.717, 1.165) is 38.5 Å². The van der Waals surface area contributed by atoms with E-state index in [1.165, 1.54) is 6.42 Å². The molecule has 0 bridgehead atoms. The highest BCUT2D eigenvalue weighted by Gasteiger charge is 2.50. The lowest BCUT2D eigenvalue weighted by molar-refractivity contribution is -0.159. The molecule has 4 heteroatoms. The van der Waals surface area contributed by atoms with E-state index in [4.69, 9.17) is 0 Å². The van der Waals surface area contributed by atoms with Gasteiger partial charge in [0, 0.05) is 6.04 Å². The van der Waals surface area contributed by atoms with Crippen LogP contribution >= 0.6 is 0 Å². The number of amides is 2. The first-order chi connectivity index (χ1) is 9.05. The van der Waals surface area contributed by atoms with Crippen molar-refractivity contribution in [3.63, 3.8) is 0 Å². The number of hydrogen-bond donors (Lipinski definition) is 1. The molecule has 1 saturated heterocycles. The molecule has 1 atom stereocenters. The van der Waals surface area contributed by atoms with Crippen LogP contribution in [-0.4, -0.2) is 34.3 Å². The fourth-order valence-electron chi connectivity index (χ4n) is 3.60. The van der Waals surface area contributed by atoms with Crippen LogP contribution in [0.5, 0.6) is 0 Å². The lowest BCUT2D eigenvalue weighted by Crippen LogP contribution is -2.71. The molecular weight excluding hydrogens is 240 g/mol. The number of nitrogens with zero attached hydrogens (tertiary/aromatic N) is 1. The fraction of sp³-hybridized carbons (Fsp3) is 0.867. The minimum absolute atomic E-state index is 0.0217. The Morgan fingerprint density at radius 1 is 1.21 bits per heavy atom. The second-order valence-electron chi connectivity index (χ2n) is 5.99. The molecule has 0 aromatic carbocycles. The summed E-state index contributed by atoms with van der Waals surface area (Å²) in [5, 5.41) is 3.03. The average molecular weight is 266 g/mol. The smallest absolute Gasteiger partial charge is 0.249 e. The standard InChI is InChI=1S/C15H26N2O2/c1-4-12(5-2)17-11(3)13(18)16-15(14(17)19)9-7-6-8-10-15/h11-12H,4-10H2,1-3H3,(H,16,18). The van der Waals surface area contributed by atoms with Crippen LogP contribution in [0.4, 0.5) is 0 Å². The monoisotopic (exact) mass is 266 g/mol. The van der Waals surface area contributed by atoms with E-state index in [2.05, 4.69) is 19.2 Å². The second-order valence-corrected chi connectivity index (χ2v) is 5.99. The molecule has 1 unspecified atom stereocenters. The van der Waals surface area contributed by atoms with E-state index < -0.39 is 5.54 Å². The van der Waals surface area contributed by atoms with Crippen molar-refractivity contribution < 1.29 is 9.59 Å². The Bertz CT molecular complexity index is 357. The Kier molecular flexibility index (Phi) is 4.16. The number of carbonyl (C=O) groups excluding carboxylic acids is 2. The third-order valence-corrected chi connectivity index (χ3v) is 4.85. The number of piperazine rings is 1. The molecule has 1 aliphatic heterocycles. The SMILES string of the molecule is CCC(CC)N1C(=O)C2(CCCCC2)NC(=O)C1C. The number of carbonyl (C=O) groups is 2. The first-order valence-electron chi connectivity index (χ1n) is 7.70. The summed E-state index contributed by atoms with van der Waals surface area (Å²) in [6, 6.07) is -0.141. The molecule has 2 aliphatic rings. The minimum Gasteiger partial charge on any atom is -0.340 e. The summed E-state index contributed by atoms with van der Waals surface area (Å²) in [6.45, 7) is 6.03. The van der Waals surface area contributed by atoms with Crippen molar-refractivity contribution in [1.29, 1.82) is 0 Å². The van der Waals surface area contributed by atoms with Crippen LogP contribution < -0.4 is 5.32 Å². The van der Waals surface area contributed by atoms with Gasteiger partial charge in [-0.15, -0.1) is 0 Å². The van der Waals surface area contributed by atoms with Gasteiger partial charge in [-0.2, -0.15) is 0 Å². The number of nitrogens with one attached hydrogen (secondary N) is 1. The molecule has 1 saturated carbocycles. The maximum absolute atomic E-state index is 12.9. The van der Waals surface area contributed by atoms with Crippen molar-refractivity contribution in [3.8, 4) is 0 Å². The van der Waals surface area contributed by atoms with Gasteiger partial charge in [-0.25, -0.2) is 0 Å². The van der Waals surface area contributed by atoms with Gasteiger partial charge in [-0.1, -0.05) is 33.1 Å². The summed E-state index contributed by atoms with van der Waals surface area (Å²) < 4.78 is 0. The van der Waals surface area contributed by atoms with Crippen molar-refractivity contribution in [2.75, 3.05) is 0 Å². The van der Waals surface area contributed by atoms with Crippen LogP contribution in [0.3, 0.4) is 0 Å². The highest BCUT2D eigenvalue weighted by atomic mass is 16.2. The van der Waals surface area contributed by atoms with E-state index in [9.17, 15) is 9.59 Å². The quantitative estimate of drug-likeness (QED) is 0.851. The van der Waals surface area contributed by atoms with Crippen molar-refractivity contribution >= 4 is 11.8 Å². The maximum atomic E-state index is 12.9. The molecule has 2 fully saturated rings. The Morgan fingerprint density at radius 3 is 2.32 bits per heavy atom. The van der Waals surface area contributed by atoms with Gasteiger partial charge in [0.2, 0.25) is 11.8 Å². The van der Waals surface area contributed by atoms with Crippen molar-refractivity contribution in [1.82, 2.24) is 10.2 Å². The van der Waals surface area contributed by atoms with E-state index in [0.29, 0.717) is 0 Å². The molecule has 0 radical (unpaired) electrons. The lowest BCUT2D eigenvalue weighted by Gasteiger charge is -2.49. The molecule has 1 heterocycles. The van der Waals surface area contributed by atoms with E-state index in [1.54, 1.807) is 0 Å². The molecule has 0 aromatic rings. The van der Waals surface area contributed by atoms with E-state index in [-0.39, 0.29) is 23.9 Å². The largest absolute Gasteiger partial charge is 0.340 e. The molecule has 4 nitrogen and oxygen atoms in total. The highest BCUT2D eigenvalue weighted by molar-refractivity contribution is 5.99. The van der Waals surface area contributed by atoms with Crippen LogP contribution in [0.1, 0.15) is 65.7 Å². The second kappa shape index (κ2) is 5.51. The molecule has 1 spiro atoms. The van der Waals surface area contributed by atoms with Gasteiger partial charge in [0.1, 0.15) is 11.6 Å². The van der Waals surface area contributed by atoms with Crippen LogP contribution in [0, 0.1) is 0 Å². The summed E-state index contributed by atoms with van der Waals surface area (Å²) in [4.78, 5) is 27.0. The van der Waals surface area contributed by atoms with E-state index >= 15 is 0 Å². The lowest BCUT2D eigenvalue weighted by atomic mass is 9.78. The van der Waals surface area contributed by atoms with Gasteiger partial charge in [0.25, 0.3) is 0 Å². The Balaban J connectivity index is 2.30. The Hall–Kier alpha value is -1.06. The zero-order valence-corrected chi connectivity index (χ0v) is 12.4. The predicted octanol–water partition coefficient (Wildman–Crippen LogP) is 2.22. The first kappa shape index (κ1) is 14.4. The highest BCUT2D eigenvalue weighted by Crippen LogP contribution is 2.34. The van der Waals surface area contributed by atoms with Crippen LogP contribution in [-0.2, 0) is 9.59 Å². The zero-order valence-electron chi connectivity index (χ0n) is 12.4. The summed E-state index contributed by atoms with van der Waals surface area (Å²) >= 11 is 0. The van der Waals surface area contributed by atoms with Gasteiger partial charge in [-0.05, 0) is 32.6 Å². The summed E-state index contributed by atoms with van der Waals surface area (Å²) in [7, 11) is 0. The third-order valence-electron chi connectivity index (χ3n) is 4.85. The van der Waals surface area contributed by atoms with Gasteiger partial charge >= 0.3 is 0 Å². The average Bonchev–Trinajstić information content (AvgIpc) is 2.42. The van der Waals surface area contributed by atoms with Crippen LogP contribution in [0.25, 0.3) is 0 Å². The zero-order chi connectivity index (χ0) is 14.0. The predicted molar refractivity (Wildman–Crippen MR) is 74.6 cm³/mol. The van der Waals surface area contributed by atoms with Crippen molar-refractivity contribution in [2.24, 2.45) is 0 Å². The Labute approximate surface area is 115 Å². The topological polar surface area (TPSA) is 49.4 Å². The van der Waals surface area contributed by atoms with E-state index in [1.807, 2.05) is 11.8 Å². The van der Waals surface area contributed by atoms with Gasteiger partial charge in [0.15, 0.2) is 0 Å². The molecule has 1 N–H and O–H groups in total. The fourth-order valence-corrected chi connectivity index (χ4v) is 3.60. The number of hydrogen-bond acceptors (Lipinski definition) is 2. The number of rotatable bonds is 3. The molecule has 2 rings (SSSR count). The van der Waals surface area contributed by atoms with Gasteiger partial charge in [0.05, 0.1) is 0 Å². The van der Waals surface area contributed by atoms with Crippen LogP contribution in [0.15, 0.2) is 0 Å². The minimum atomic E-state index is -0.593. The Morgan fingerprint density at radius 2 is 1.79 bits per heavy atom. The molecular formula is C15H26N2O2. The molecule has 108 valence electrons. The molecule has 1 aliphatic carbocycles. The van der Waals surface area contributed by atoms with Crippen LogP contribution in [0.2, 0.25) is 0 Å². The van der Waals surface area contributed by atoms with Gasteiger partial charge < -0.3 is 10.2 Å². The first-order valence-corrected chi connectivity index (χ1v) is 7.70. The molecule has 19 heavy (non-hydrogen) atoms. The molecule has 2 amide bonds. The summed E-state index contributed by atoms with van der Waals surface area (Å²) in [5.74, 6) is 0.182. The van der Waals surface area contributed by atoms with Crippen molar-refractivity contribution in [2.45, 2.75) is 83.3 Å². The summed E-state index contributed by atoms with van der Waals surface area (Å²) in [6.07, 6.45) is 6.69.